The molecule has 1 aromatic heterocycles. The van der Waals surface area contributed by atoms with E-state index in [9.17, 15) is 9.18 Å². The number of benzene rings is 1. The molecule has 1 aromatic carbocycles. The van der Waals surface area contributed by atoms with E-state index >= 15 is 0 Å². The standard InChI is InChI=1S/C13H10BrFN2O3/c1-19-12(18)13(4-5-13)11-16-10(17-20-11)8-6-7(15)2-3-9(8)14/h2-3,6H,4-5H2,1H3. The van der Waals surface area contributed by atoms with Crippen LogP contribution in [0.2, 0.25) is 0 Å². The Morgan fingerprint density at radius 3 is 2.90 bits per heavy atom. The minimum Gasteiger partial charge on any atom is -0.468 e. The second-order valence-electron chi connectivity index (χ2n) is 4.62. The van der Waals surface area contributed by atoms with Crippen LogP contribution in [0.3, 0.4) is 0 Å². The number of hydrogen-bond donors (Lipinski definition) is 0. The van der Waals surface area contributed by atoms with Gasteiger partial charge in [0.2, 0.25) is 11.7 Å². The molecule has 7 heteroatoms. The van der Waals surface area contributed by atoms with Crippen molar-refractivity contribution in [1.82, 2.24) is 10.1 Å². The minimum absolute atomic E-state index is 0.218. The minimum atomic E-state index is -0.820. The zero-order valence-corrected chi connectivity index (χ0v) is 12.1. The van der Waals surface area contributed by atoms with Gasteiger partial charge in [-0.05, 0) is 31.0 Å². The monoisotopic (exact) mass is 340 g/mol. The lowest BCUT2D eigenvalue weighted by molar-refractivity contribution is -0.144. The van der Waals surface area contributed by atoms with Crippen molar-refractivity contribution in [2.75, 3.05) is 7.11 Å². The number of carbonyl (C=O) groups is 1. The fourth-order valence-corrected chi connectivity index (χ4v) is 2.45. The SMILES string of the molecule is COC(=O)C1(c2nc(-c3cc(F)ccc3Br)no2)CC1. The Morgan fingerprint density at radius 2 is 2.25 bits per heavy atom. The van der Waals surface area contributed by atoms with Gasteiger partial charge >= 0.3 is 5.97 Å². The highest BCUT2D eigenvalue weighted by atomic mass is 79.9. The topological polar surface area (TPSA) is 65.2 Å². The molecule has 0 saturated heterocycles. The van der Waals surface area contributed by atoms with Gasteiger partial charge < -0.3 is 9.26 Å². The Kier molecular flexibility index (Phi) is 3.08. The Hall–Kier alpha value is -1.76. The van der Waals surface area contributed by atoms with Crippen LogP contribution in [0.5, 0.6) is 0 Å². The number of methoxy groups -OCH3 is 1. The van der Waals surface area contributed by atoms with E-state index in [2.05, 4.69) is 26.1 Å². The average Bonchev–Trinajstić information content (AvgIpc) is 3.11. The molecule has 1 heterocycles. The first-order valence-electron chi connectivity index (χ1n) is 5.95. The second kappa shape index (κ2) is 4.66. The van der Waals surface area contributed by atoms with Gasteiger partial charge in [-0.25, -0.2) is 4.39 Å². The van der Waals surface area contributed by atoms with Crippen molar-refractivity contribution < 1.29 is 18.4 Å². The number of rotatable bonds is 3. The summed E-state index contributed by atoms with van der Waals surface area (Å²) in [5, 5.41) is 3.82. The van der Waals surface area contributed by atoms with Crippen molar-refractivity contribution >= 4 is 21.9 Å². The van der Waals surface area contributed by atoms with Gasteiger partial charge in [0.1, 0.15) is 11.2 Å². The molecule has 0 amide bonds. The van der Waals surface area contributed by atoms with Crippen molar-refractivity contribution in [3.63, 3.8) is 0 Å². The summed E-state index contributed by atoms with van der Waals surface area (Å²) in [6, 6.07) is 4.19. The summed E-state index contributed by atoms with van der Waals surface area (Å²) in [7, 11) is 1.32. The van der Waals surface area contributed by atoms with Gasteiger partial charge in [0.05, 0.1) is 7.11 Å². The molecule has 5 nitrogen and oxygen atoms in total. The molecule has 1 fully saturated rings. The van der Waals surface area contributed by atoms with Crippen LogP contribution >= 0.6 is 15.9 Å². The Morgan fingerprint density at radius 1 is 1.50 bits per heavy atom. The summed E-state index contributed by atoms with van der Waals surface area (Å²) in [5.74, 6) is -0.327. The van der Waals surface area contributed by atoms with Crippen LogP contribution in [0.25, 0.3) is 11.4 Å². The molecule has 0 aliphatic heterocycles. The van der Waals surface area contributed by atoms with E-state index < -0.39 is 11.2 Å². The first-order chi connectivity index (χ1) is 9.56. The van der Waals surface area contributed by atoms with Gasteiger partial charge in [0, 0.05) is 10.0 Å². The molecule has 1 aliphatic carbocycles. The molecule has 1 aliphatic rings. The van der Waals surface area contributed by atoms with E-state index in [1.165, 1.54) is 19.2 Å². The Balaban J connectivity index is 1.99. The van der Waals surface area contributed by atoms with Crippen LogP contribution in [-0.4, -0.2) is 23.2 Å². The van der Waals surface area contributed by atoms with Crippen LogP contribution in [0.15, 0.2) is 27.2 Å². The number of aromatic nitrogens is 2. The van der Waals surface area contributed by atoms with E-state index in [1.54, 1.807) is 6.07 Å². The molecular formula is C13H10BrFN2O3. The molecular weight excluding hydrogens is 331 g/mol. The van der Waals surface area contributed by atoms with E-state index in [0.717, 1.165) is 0 Å². The maximum absolute atomic E-state index is 13.3. The number of nitrogens with zero attached hydrogens (tertiary/aromatic N) is 2. The lowest BCUT2D eigenvalue weighted by atomic mass is 10.1. The molecule has 20 heavy (non-hydrogen) atoms. The van der Waals surface area contributed by atoms with Crippen LogP contribution in [0.1, 0.15) is 18.7 Å². The third kappa shape index (κ3) is 2.02. The van der Waals surface area contributed by atoms with Gasteiger partial charge in [0.25, 0.3) is 0 Å². The smallest absolute Gasteiger partial charge is 0.321 e. The number of ether oxygens (including phenoxy) is 1. The second-order valence-corrected chi connectivity index (χ2v) is 5.48. The summed E-state index contributed by atoms with van der Waals surface area (Å²) >= 11 is 3.31. The van der Waals surface area contributed by atoms with Crippen molar-refractivity contribution in [3.05, 3.63) is 34.4 Å². The average molecular weight is 341 g/mol. The highest BCUT2D eigenvalue weighted by molar-refractivity contribution is 9.10. The van der Waals surface area contributed by atoms with Gasteiger partial charge in [-0.15, -0.1) is 0 Å². The molecule has 0 radical (unpaired) electrons. The quantitative estimate of drug-likeness (QED) is 0.804. The highest BCUT2D eigenvalue weighted by Crippen LogP contribution is 2.48. The van der Waals surface area contributed by atoms with Crippen molar-refractivity contribution in [2.24, 2.45) is 0 Å². The summed E-state index contributed by atoms with van der Waals surface area (Å²) < 4.78 is 23.8. The van der Waals surface area contributed by atoms with Gasteiger partial charge in [0.15, 0.2) is 0 Å². The largest absolute Gasteiger partial charge is 0.468 e. The highest BCUT2D eigenvalue weighted by Gasteiger charge is 2.57. The molecule has 2 aromatic rings. The number of esters is 1. The molecule has 3 rings (SSSR count). The maximum Gasteiger partial charge on any atom is 0.321 e. The molecule has 0 N–H and O–H groups in total. The first-order valence-corrected chi connectivity index (χ1v) is 6.74. The van der Waals surface area contributed by atoms with E-state index in [-0.39, 0.29) is 17.7 Å². The van der Waals surface area contributed by atoms with E-state index in [4.69, 9.17) is 9.26 Å². The number of halogens is 2. The lowest BCUT2D eigenvalue weighted by Crippen LogP contribution is -2.22. The number of carbonyl (C=O) groups excluding carboxylic acids is 1. The van der Waals surface area contributed by atoms with Gasteiger partial charge in [-0.1, -0.05) is 21.1 Å². The molecule has 1 saturated carbocycles. The van der Waals surface area contributed by atoms with E-state index in [1.807, 2.05) is 0 Å². The Labute approximate surface area is 122 Å². The van der Waals surface area contributed by atoms with Gasteiger partial charge in [-0.2, -0.15) is 4.98 Å². The third-order valence-electron chi connectivity index (χ3n) is 3.33. The number of hydrogen-bond acceptors (Lipinski definition) is 5. The molecule has 0 atom stereocenters. The molecule has 0 spiro atoms. The zero-order chi connectivity index (χ0) is 14.3. The maximum atomic E-state index is 13.3. The van der Waals surface area contributed by atoms with Crippen molar-refractivity contribution in [2.45, 2.75) is 18.3 Å². The Bertz CT molecular complexity index is 682. The van der Waals surface area contributed by atoms with Crippen LogP contribution in [0.4, 0.5) is 4.39 Å². The fraction of sp³-hybridized carbons (Fsp3) is 0.308. The normalized spacial score (nSPS) is 15.9. The summed E-state index contributed by atoms with van der Waals surface area (Å²) in [6.07, 6.45) is 1.23. The van der Waals surface area contributed by atoms with Crippen molar-refractivity contribution in [3.8, 4) is 11.4 Å². The van der Waals surface area contributed by atoms with Crippen LogP contribution in [0, 0.1) is 5.82 Å². The predicted molar refractivity (Wildman–Crippen MR) is 70.3 cm³/mol. The van der Waals surface area contributed by atoms with E-state index in [0.29, 0.717) is 22.9 Å². The van der Waals surface area contributed by atoms with Crippen LogP contribution < -0.4 is 0 Å². The fourth-order valence-electron chi connectivity index (χ4n) is 2.02. The predicted octanol–water partition coefficient (Wildman–Crippen LogP) is 2.84. The van der Waals surface area contributed by atoms with Crippen molar-refractivity contribution in [1.29, 1.82) is 0 Å². The molecule has 0 unspecified atom stereocenters. The van der Waals surface area contributed by atoms with Crippen LogP contribution in [-0.2, 0) is 14.9 Å². The van der Waals surface area contributed by atoms with Gasteiger partial charge in [-0.3, -0.25) is 4.79 Å². The summed E-state index contributed by atoms with van der Waals surface area (Å²) in [4.78, 5) is 16.0. The lowest BCUT2D eigenvalue weighted by Gasteiger charge is -2.05. The summed E-state index contributed by atoms with van der Waals surface area (Å²) in [5.41, 5.74) is -0.347. The molecule has 104 valence electrons. The molecule has 0 bridgehead atoms. The third-order valence-corrected chi connectivity index (χ3v) is 4.02. The summed E-state index contributed by atoms with van der Waals surface area (Å²) in [6.45, 7) is 0. The zero-order valence-electron chi connectivity index (χ0n) is 10.5. The first kappa shape index (κ1) is 13.2.